The van der Waals surface area contributed by atoms with Crippen molar-refractivity contribution in [3.63, 3.8) is 0 Å². The summed E-state index contributed by atoms with van der Waals surface area (Å²) in [5, 5.41) is 23.9. The van der Waals surface area contributed by atoms with Gasteiger partial charge in [0.1, 0.15) is 19.0 Å². The summed E-state index contributed by atoms with van der Waals surface area (Å²) in [6.45, 7) is 3.82. The molecule has 5 rings (SSSR count). The van der Waals surface area contributed by atoms with E-state index >= 15 is 0 Å². The molecular formula is C25H34O7. The first-order valence-corrected chi connectivity index (χ1v) is 12.0. The van der Waals surface area contributed by atoms with Gasteiger partial charge in [-0.15, -0.1) is 0 Å². The molecule has 0 aromatic heterocycles. The van der Waals surface area contributed by atoms with E-state index in [1.54, 1.807) is 6.08 Å². The van der Waals surface area contributed by atoms with Crippen molar-refractivity contribution in [3.05, 3.63) is 11.6 Å². The van der Waals surface area contributed by atoms with Crippen LogP contribution in [0, 0.1) is 28.6 Å². The molecule has 1 heterocycles. The number of ether oxygens (including phenoxy) is 2. The minimum absolute atomic E-state index is 0.0828. The van der Waals surface area contributed by atoms with Crippen molar-refractivity contribution in [1.29, 1.82) is 0 Å². The summed E-state index contributed by atoms with van der Waals surface area (Å²) in [5.74, 6) is -0.765. The number of carbonyl (C=O) groups excluding carboxylic acids is 3. The van der Waals surface area contributed by atoms with Gasteiger partial charge in [-0.1, -0.05) is 6.92 Å². The molecule has 0 unspecified atom stereocenters. The van der Waals surface area contributed by atoms with Crippen LogP contribution >= 0.6 is 0 Å². The van der Waals surface area contributed by atoms with Crippen molar-refractivity contribution in [2.75, 3.05) is 6.61 Å². The highest BCUT2D eigenvalue weighted by molar-refractivity contribution is 5.85. The zero-order chi connectivity index (χ0) is 22.9. The van der Waals surface area contributed by atoms with E-state index in [0.717, 1.165) is 31.1 Å². The predicted molar refractivity (Wildman–Crippen MR) is 113 cm³/mol. The highest BCUT2D eigenvalue weighted by Gasteiger charge is 2.70. The Hall–Kier alpha value is -1.73. The predicted octanol–water partition coefficient (Wildman–Crippen LogP) is 2.47. The van der Waals surface area contributed by atoms with Crippen LogP contribution in [0.1, 0.15) is 71.6 Å². The molecular weight excluding hydrogens is 412 g/mol. The first kappa shape index (κ1) is 22.1. The summed E-state index contributed by atoms with van der Waals surface area (Å²) in [7, 11) is 0. The number of esters is 2. The molecule has 0 bridgehead atoms. The van der Waals surface area contributed by atoms with Gasteiger partial charge in [-0.2, -0.15) is 0 Å². The van der Waals surface area contributed by atoms with Gasteiger partial charge in [0, 0.05) is 19.4 Å². The smallest absolute Gasteiger partial charge is 0.331 e. The lowest BCUT2D eigenvalue weighted by Crippen LogP contribution is -2.68. The van der Waals surface area contributed by atoms with Gasteiger partial charge in [0.25, 0.3) is 0 Å². The highest BCUT2D eigenvalue weighted by atomic mass is 16.5. The SMILES string of the molecule is CC(=O)O[C@H]1CC[C@]2(C=O)[C@@H]3CC[C@@]4(C)C[C@H](C5=CC(=O)OC5)C[C@]4(O)[C@H]3CC[C@@]2(O)C1. The Kier molecular flexibility index (Phi) is 4.92. The van der Waals surface area contributed by atoms with E-state index in [-0.39, 0.29) is 47.6 Å². The molecule has 7 heteroatoms. The van der Waals surface area contributed by atoms with Crippen molar-refractivity contribution in [3.8, 4) is 0 Å². The molecule has 8 atom stereocenters. The number of rotatable bonds is 3. The molecule has 0 amide bonds. The summed E-state index contributed by atoms with van der Waals surface area (Å²) in [4.78, 5) is 35.8. The molecule has 0 spiro atoms. The molecule has 5 aliphatic rings. The number of fused-ring (bicyclic) bond motifs is 5. The molecule has 0 radical (unpaired) electrons. The molecule has 4 saturated carbocycles. The normalized spacial score (nSPS) is 49.9. The summed E-state index contributed by atoms with van der Waals surface area (Å²) < 4.78 is 10.5. The monoisotopic (exact) mass is 446 g/mol. The van der Waals surface area contributed by atoms with Crippen LogP contribution < -0.4 is 0 Å². The zero-order valence-corrected chi connectivity index (χ0v) is 19.0. The first-order chi connectivity index (χ1) is 15.1. The second-order valence-corrected chi connectivity index (χ2v) is 11.4. The van der Waals surface area contributed by atoms with Crippen LogP contribution in [0.4, 0.5) is 0 Å². The Morgan fingerprint density at radius 3 is 2.53 bits per heavy atom. The van der Waals surface area contributed by atoms with Crippen molar-refractivity contribution in [1.82, 2.24) is 0 Å². The van der Waals surface area contributed by atoms with Gasteiger partial charge in [0.05, 0.1) is 16.6 Å². The molecule has 0 aromatic carbocycles. The van der Waals surface area contributed by atoms with Crippen LogP contribution in [-0.2, 0) is 23.9 Å². The van der Waals surface area contributed by atoms with E-state index in [2.05, 4.69) is 6.92 Å². The number of carbonyl (C=O) groups is 3. The van der Waals surface area contributed by atoms with Crippen LogP contribution in [0.25, 0.3) is 0 Å². The van der Waals surface area contributed by atoms with Gasteiger partial charge in [0.15, 0.2) is 0 Å². The van der Waals surface area contributed by atoms with Gasteiger partial charge in [-0.05, 0) is 80.1 Å². The maximum atomic E-state index is 12.7. The van der Waals surface area contributed by atoms with Gasteiger partial charge >= 0.3 is 11.9 Å². The molecule has 0 aromatic rings. The van der Waals surface area contributed by atoms with E-state index in [1.165, 1.54) is 6.92 Å². The Morgan fingerprint density at radius 1 is 1.12 bits per heavy atom. The van der Waals surface area contributed by atoms with E-state index in [4.69, 9.17) is 9.47 Å². The van der Waals surface area contributed by atoms with Crippen molar-refractivity contribution < 1.29 is 34.1 Å². The van der Waals surface area contributed by atoms with Gasteiger partial charge in [-0.25, -0.2) is 4.79 Å². The minimum Gasteiger partial charge on any atom is -0.462 e. The second kappa shape index (κ2) is 7.13. The highest BCUT2D eigenvalue weighted by Crippen LogP contribution is 2.69. The fourth-order valence-electron chi connectivity index (χ4n) is 8.44. The fraction of sp³-hybridized carbons (Fsp3) is 0.800. The number of hydrogen-bond donors (Lipinski definition) is 2. The molecule has 2 N–H and O–H groups in total. The number of hydrogen-bond acceptors (Lipinski definition) is 7. The van der Waals surface area contributed by atoms with Gasteiger partial charge in [-0.3, -0.25) is 4.79 Å². The molecule has 4 fully saturated rings. The van der Waals surface area contributed by atoms with Crippen LogP contribution in [0.15, 0.2) is 11.6 Å². The largest absolute Gasteiger partial charge is 0.462 e. The molecule has 0 saturated heterocycles. The summed E-state index contributed by atoms with van der Waals surface area (Å²) in [5.41, 5.74) is -2.41. The van der Waals surface area contributed by atoms with Crippen molar-refractivity contribution >= 4 is 18.2 Å². The van der Waals surface area contributed by atoms with E-state index in [9.17, 15) is 24.6 Å². The van der Waals surface area contributed by atoms with Gasteiger partial charge < -0.3 is 24.5 Å². The summed E-state index contributed by atoms with van der Waals surface area (Å²) in [6, 6.07) is 0. The van der Waals surface area contributed by atoms with Gasteiger partial charge in [0.2, 0.25) is 0 Å². The molecule has 4 aliphatic carbocycles. The number of cyclic esters (lactones) is 1. The van der Waals surface area contributed by atoms with Crippen LogP contribution in [0.2, 0.25) is 0 Å². The Labute approximate surface area is 188 Å². The Morgan fingerprint density at radius 2 is 1.88 bits per heavy atom. The van der Waals surface area contributed by atoms with E-state index in [0.29, 0.717) is 38.7 Å². The average molecular weight is 447 g/mol. The third-order valence-electron chi connectivity index (χ3n) is 10.00. The standard InChI is InChI=1S/C25H34O7/c1-15(27)32-18-3-7-23(14-26)19-4-6-22(2)10-17(16-9-21(28)31-13-16)11-25(22,30)20(19)5-8-24(23,29)12-18/h9,14,17-20,29-30H,3-8,10-13H2,1-2H3/t17-,18-,19+,20-,22-,23-,24+,25-/m0/s1. The van der Waals surface area contributed by atoms with Crippen LogP contribution in [0.5, 0.6) is 0 Å². The second-order valence-electron chi connectivity index (χ2n) is 11.4. The topological polar surface area (TPSA) is 110 Å². The molecule has 7 nitrogen and oxygen atoms in total. The third-order valence-corrected chi connectivity index (χ3v) is 10.00. The van der Waals surface area contributed by atoms with E-state index in [1.807, 2.05) is 0 Å². The number of aldehydes is 1. The average Bonchev–Trinajstić information content (AvgIpc) is 3.27. The van der Waals surface area contributed by atoms with Crippen molar-refractivity contribution in [2.45, 2.75) is 88.9 Å². The third kappa shape index (κ3) is 2.89. The molecule has 176 valence electrons. The number of aliphatic hydroxyl groups is 2. The quantitative estimate of drug-likeness (QED) is 0.506. The van der Waals surface area contributed by atoms with E-state index < -0.39 is 16.6 Å². The molecule has 1 aliphatic heterocycles. The maximum absolute atomic E-state index is 12.7. The first-order valence-electron chi connectivity index (χ1n) is 12.0. The fourth-order valence-corrected chi connectivity index (χ4v) is 8.44. The van der Waals surface area contributed by atoms with Crippen LogP contribution in [-0.4, -0.2) is 52.4 Å². The summed E-state index contributed by atoms with van der Waals surface area (Å²) in [6.07, 6.45) is 7.44. The van der Waals surface area contributed by atoms with Crippen LogP contribution in [0.3, 0.4) is 0 Å². The lowest BCUT2D eigenvalue weighted by Gasteiger charge is -2.64. The summed E-state index contributed by atoms with van der Waals surface area (Å²) >= 11 is 0. The lowest BCUT2D eigenvalue weighted by atomic mass is 9.42. The van der Waals surface area contributed by atoms with Crippen molar-refractivity contribution in [2.24, 2.45) is 28.6 Å². The Bertz CT molecular complexity index is 882. The maximum Gasteiger partial charge on any atom is 0.331 e. The minimum atomic E-state index is -1.22. The molecule has 32 heavy (non-hydrogen) atoms. The Balaban J connectivity index is 1.45. The zero-order valence-electron chi connectivity index (χ0n) is 19.0. The lowest BCUT2D eigenvalue weighted by molar-refractivity contribution is -0.247.